The first-order valence-electron chi connectivity index (χ1n) is 19.5. The first kappa shape index (κ1) is 31.8. The quantitative estimate of drug-likeness (QED) is 0.177. The highest BCUT2D eigenvalue weighted by atomic mass is 15.0. The second-order valence-electron chi connectivity index (χ2n) is 15.0. The molecule has 266 valence electrons. The molecule has 4 aromatic heterocycles. The Morgan fingerprint density at radius 2 is 0.947 bits per heavy atom. The highest BCUT2D eigenvalue weighted by molar-refractivity contribution is 6.10. The first-order valence-corrected chi connectivity index (χ1v) is 19.5. The van der Waals surface area contributed by atoms with E-state index in [0.717, 1.165) is 61.5 Å². The average Bonchev–Trinajstić information content (AvgIpc) is 3.94. The summed E-state index contributed by atoms with van der Waals surface area (Å²) in [5, 5.41) is 2.28. The highest BCUT2D eigenvalue weighted by Crippen LogP contribution is 2.46. The summed E-state index contributed by atoms with van der Waals surface area (Å²) in [5.74, 6) is 0. The van der Waals surface area contributed by atoms with Crippen molar-refractivity contribution in [3.05, 3.63) is 206 Å². The van der Waals surface area contributed by atoms with Gasteiger partial charge in [-0.1, -0.05) is 109 Å². The Hall–Kier alpha value is -7.56. The Balaban J connectivity index is 1.09. The van der Waals surface area contributed by atoms with Gasteiger partial charge in [0, 0.05) is 35.3 Å². The van der Waals surface area contributed by atoms with Crippen molar-refractivity contribution in [1.29, 1.82) is 0 Å². The third kappa shape index (κ3) is 4.87. The SMILES string of the molecule is c1ccc(-c2ccccc2-c2ccc3c(c2)c2ncccc2n3-c2cc(-c3ccc4c(c3)c3ncccc3n4-c3ccccc3)cc3c2Cc2ccccc2-3)cc1. The monoisotopic (exact) mass is 726 g/mol. The van der Waals surface area contributed by atoms with E-state index in [1.807, 2.05) is 18.5 Å². The maximum absolute atomic E-state index is 5.04. The van der Waals surface area contributed by atoms with E-state index in [2.05, 4.69) is 185 Å². The maximum atomic E-state index is 5.04. The van der Waals surface area contributed by atoms with Crippen LogP contribution in [0, 0.1) is 0 Å². The predicted octanol–water partition coefficient (Wildman–Crippen LogP) is 13.2. The second kappa shape index (κ2) is 12.5. The number of benzene rings is 7. The van der Waals surface area contributed by atoms with Gasteiger partial charge in [0.1, 0.15) is 0 Å². The van der Waals surface area contributed by atoms with E-state index < -0.39 is 0 Å². The molecule has 0 fully saturated rings. The van der Waals surface area contributed by atoms with Gasteiger partial charge >= 0.3 is 0 Å². The Labute approximate surface area is 329 Å². The summed E-state index contributed by atoms with van der Waals surface area (Å²) in [6.45, 7) is 0. The third-order valence-corrected chi connectivity index (χ3v) is 11.9. The van der Waals surface area contributed by atoms with Crippen molar-refractivity contribution in [2.75, 3.05) is 0 Å². The Bertz CT molecular complexity index is 3370. The fourth-order valence-electron chi connectivity index (χ4n) is 9.31. The fourth-order valence-corrected chi connectivity index (χ4v) is 9.31. The summed E-state index contributed by atoms with van der Waals surface area (Å²) in [6.07, 6.45) is 4.69. The van der Waals surface area contributed by atoms with Gasteiger partial charge in [-0.05, 0) is 128 Å². The van der Waals surface area contributed by atoms with Crippen molar-refractivity contribution in [1.82, 2.24) is 19.1 Å². The minimum atomic E-state index is 0.874. The van der Waals surface area contributed by atoms with Crippen molar-refractivity contribution in [2.24, 2.45) is 0 Å². The van der Waals surface area contributed by atoms with E-state index >= 15 is 0 Å². The lowest BCUT2D eigenvalue weighted by Gasteiger charge is -2.17. The predicted molar refractivity (Wildman–Crippen MR) is 235 cm³/mol. The van der Waals surface area contributed by atoms with Crippen LogP contribution < -0.4 is 0 Å². The van der Waals surface area contributed by atoms with Crippen LogP contribution in [-0.4, -0.2) is 19.1 Å². The van der Waals surface area contributed by atoms with Crippen LogP contribution in [-0.2, 0) is 6.42 Å². The molecular formula is C53H34N4. The molecule has 0 aliphatic heterocycles. The molecular weight excluding hydrogens is 693 g/mol. The summed E-state index contributed by atoms with van der Waals surface area (Å²) in [4.78, 5) is 9.97. The van der Waals surface area contributed by atoms with Crippen molar-refractivity contribution >= 4 is 43.9 Å². The van der Waals surface area contributed by atoms with E-state index in [1.165, 1.54) is 55.8 Å². The number of hydrogen-bond donors (Lipinski definition) is 0. The van der Waals surface area contributed by atoms with Crippen LogP contribution in [0.4, 0.5) is 0 Å². The number of para-hydroxylation sites is 1. The molecule has 0 N–H and O–H groups in total. The van der Waals surface area contributed by atoms with Gasteiger partial charge < -0.3 is 9.13 Å². The van der Waals surface area contributed by atoms with E-state index in [1.54, 1.807) is 0 Å². The van der Waals surface area contributed by atoms with Crippen LogP contribution in [0.3, 0.4) is 0 Å². The van der Waals surface area contributed by atoms with Gasteiger partial charge in [-0.25, -0.2) is 0 Å². The minimum absolute atomic E-state index is 0.874. The van der Waals surface area contributed by atoms with E-state index in [4.69, 9.17) is 9.97 Å². The molecule has 4 heteroatoms. The van der Waals surface area contributed by atoms with Gasteiger partial charge in [-0.15, -0.1) is 0 Å². The van der Waals surface area contributed by atoms with Crippen LogP contribution in [0.15, 0.2) is 194 Å². The summed E-state index contributed by atoms with van der Waals surface area (Å²) >= 11 is 0. The largest absolute Gasteiger partial charge is 0.308 e. The molecule has 7 aromatic carbocycles. The minimum Gasteiger partial charge on any atom is -0.308 e. The molecule has 0 unspecified atom stereocenters. The highest BCUT2D eigenvalue weighted by Gasteiger charge is 2.26. The zero-order valence-corrected chi connectivity index (χ0v) is 31.0. The van der Waals surface area contributed by atoms with Gasteiger partial charge in [0.05, 0.1) is 38.8 Å². The van der Waals surface area contributed by atoms with Gasteiger partial charge in [0.25, 0.3) is 0 Å². The van der Waals surface area contributed by atoms with E-state index in [9.17, 15) is 0 Å². The summed E-state index contributed by atoms with van der Waals surface area (Å²) in [6, 6.07) is 65.9. The summed E-state index contributed by atoms with van der Waals surface area (Å²) in [5.41, 5.74) is 21.2. The first-order chi connectivity index (χ1) is 28.3. The molecule has 12 rings (SSSR count). The molecule has 11 aromatic rings. The Morgan fingerprint density at radius 1 is 0.368 bits per heavy atom. The standard InChI is InChI=1S/C53H34N4/c1-3-13-34(14-4-1)40-18-9-10-19-41(40)37-24-26-48-46(31-37)53-50(22-12-28-55-53)57(48)51-33-38(32-43-42-20-8-7-15-36(42)30-44(43)51)35-23-25-47-45(29-35)52-49(21-11-27-54-52)56(47)39-16-5-2-6-17-39/h1-29,31-33H,30H2. The van der Waals surface area contributed by atoms with Crippen LogP contribution in [0.5, 0.6) is 0 Å². The molecule has 0 spiro atoms. The molecule has 0 atom stereocenters. The van der Waals surface area contributed by atoms with E-state index in [0.29, 0.717) is 0 Å². The van der Waals surface area contributed by atoms with Gasteiger partial charge in [-0.2, -0.15) is 0 Å². The number of rotatable bonds is 5. The zero-order valence-electron chi connectivity index (χ0n) is 31.0. The number of fused-ring (bicyclic) bond motifs is 9. The lowest BCUT2D eigenvalue weighted by atomic mass is 9.94. The zero-order chi connectivity index (χ0) is 37.5. The van der Waals surface area contributed by atoms with Crippen molar-refractivity contribution in [3.8, 4) is 55.9 Å². The maximum Gasteiger partial charge on any atom is 0.0963 e. The van der Waals surface area contributed by atoms with Crippen molar-refractivity contribution < 1.29 is 0 Å². The van der Waals surface area contributed by atoms with E-state index in [-0.39, 0.29) is 0 Å². The molecule has 0 bridgehead atoms. The van der Waals surface area contributed by atoms with Crippen molar-refractivity contribution in [3.63, 3.8) is 0 Å². The summed E-state index contributed by atoms with van der Waals surface area (Å²) < 4.78 is 4.78. The Kier molecular flexibility index (Phi) is 6.96. The topological polar surface area (TPSA) is 35.6 Å². The number of aromatic nitrogens is 4. The molecule has 4 heterocycles. The molecule has 1 aliphatic carbocycles. The molecule has 0 saturated heterocycles. The molecule has 0 radical (unpaired) electrons. The fraction of sp³-hybridized carbons (Fsp3) is 0.0189. The van der Waals surface area contributed by atoms with Gasteiger partial charge in [-0.3, -0.25) is 9.97 Å². The molecule has 57 heavy (non-hydrogen) atoms. The smallest absolute Gasteiger partial charge is 0.0963 e. The molecule has 0 saturated carbocycles. The number of nitrogens with zero attached hydrogens (tertiary/aromatic N) is 4. The van der Waals surface area contributed by atoms with Crippen LogP contribution in [0.2, 0.25) is 0 Å². The lowest BCUT2D eigenvalue weighted by Crippen LogP contribution is -2.00. The molecule has 0 amide bonds. The second-order valence-corrected chi connectivity index (χ2v) is 15.0. The normalized spacial score (nSPS) is 12.1. The van der Waals surface area contributed by atoms with Gasteiger partial charge in [0.2, 0.25) is 0 Å². The van der Waals surface area contributed by atoms with Crippen LogP contribution >= 0.6 is 0 Å². The number of hydrogen-bond acceptors (Lipinski definition) is 2. The van der Waals surface area contributed by atoms with Gasteiger partial charge in [0.15, 0.2) is 0 Å². The third-order valence-electron chi connectivity index (χ3n) is 11.9. The Morgan fingerprint density at radius 3 is 1.68 bits per heavy atom. The van der Waals surface area contributed by atoms with Crippen molar-refractivity contribution in [2.45, 2.75) is 6.42 Å². The summed E-state index contributed by atoms with van der Waals surface area (Å²) in [7, 11) is 0. The average molecular weight is 727 g/mol. The molecule has 1 aliphatic rings. The van der Waals surface area contributed by atoms with Crippen LogP contribution in [0.1, 0.15) is 11.1 Å². The molecule has 4 nitrogen and oxygen atoms in total. The number of pyridine rings is 2. The lowest BCUT2D eigenvalue weighted by molar-refractivity contribution is 1.12. The van der Waals surface area contributed by atoms with Crippen LogP contribution in [0.25, 0.3) is 99.8 Å².